The third-order valence-corrected chi connectivity index (χ3v) is 6.60. The molecule has 2 aromatic rings. The van der Waals surface area contributed by atoms with Crippen molar-refractivity contribution >= 4 is 17.7 Å². The minimum absolute atomic E-state index is 0.0583. The van der Waals surface area contributed by atoms with E-state index in [1.807, 2.05) is 44.2 Å². The normalized spacial score (nSPS) is 22.0. The maximum absolute atomic E-state index is 14.5. The Morgan fingerprint density at radius 2 is 1.80 bits per heavy atom. The third-order valence-electron chi connectivity index (χ3n) is 6.60. The summed E-state index contributed by atoms with van der Waals surface area (Å²) >= 11 is 0. The predicted molar refractivity (Wildman–Crippen MR) is 149 cm³/mol. The van der Waals surface area contributed by atoms with Crippen LogP contribution in [-0.4, -0.2) is 78.7 Å². The predicted octanol–water partition coefficient (Wildman–Crippen LogP) is 1.24. The van der Waals surface area contributed by atoms with Crippen LogP contribution in [0.5, 0.6) is 5.75 Å². The number of aliphatic hydroxyl groups is 1. The van der Waals surface area contributed by atoms with Gasteiger partial charge in [0.1, 0.15) is 35.8 Å². The van der Waals surface area contributed by atoms with Gasteiger partial charge in [0.05, 0.1) is 18.7 Å². The lowest BCUT2D eigenvalue weighted by molar-refractivity contribution is -0.145. The highest BCUT2D eigenvalue weighted by atomic mass is 19.1. The highest BCUT2D eigenvalue weighted by molar-refractivity contribution is 5.93. The van der Waals surface area contributed by atoms with Gasteiger partial charge in [0, 0.05) is 20.0 Å². The number of amides is 3. The van der Waals surface area contributed by atoms with Crippen molar-refractivity contribution < 1.29 is 28.6 Å². The second-order valence-corrected chi connectivity index (χ2v) is 10.0. The highest BCUT2D eigenvalue weighted by Gasteiger charge is 2.37. The minimum atomic E-state index is -1.24. The number of halogens is 1. The van der Waals surface area contributed by atoms with E-state index in [0.29, 0.717) is 0 Å². The lowest BCUT2D eigenvalue weighted by Gasteiger charge is -2.34. The molecular weight excluding hydrogens is 515 g/mol. The van der Waals surface area contributed by atoms with Gasteiger partial charge in [0.25, 0.3) is 0 Å². The summed E-state index contributed by atoms with van der Waals surface area (Å²) in [7, 11) is 1.45. The number of aliphatic hydroxyl groups excluding tert-OH is 1. The van der Waals surface area contributed by atoms with Crippen LogP contribution < -0.4 is 20.7 Å². The van der Waals surface area contributed by atoms with Gasteiger partial charge in [-0.1, -0.05) is 62.1 Å². The van der Waals surface area contributed by atoms with E-state index in [1.54, 1.807) is 6.07 Å². The van der Waals surface area contributed by atoms with Gasteiger partial charge in [-0.15, -0.1) is 0 Å². The van der Waals surface area contributed by atoms with Crippen molar-refractivity contribution in [2.75, 3.05) is 26.7 Å². The molecule has 0 saturated carbocycles. The molecule has 9 nitrogen and oxygen atoms in total. The monoisotopic (exact) mass is 552 g/mol. The Hall–Kier alpha value is -3.94. The van der Waals surface area contributed by atoms with E-state index >= 15 is 0 Å². The van der Waals surface area contributed by atoms with Crippen LogP contribution in [0.1, 0.15) is 31.9 Å². The summed E-state index contributed by atoms with van der Waals surface area (Å²) in [6.07, 6.45) is -1.05. The SMILES string of the molecule is CC(C)[C@@H]1NCCOc2cccc(F)c2C#CCNC(=O)[C@@H](Cc2ccccc2)NC(=O)[C@H](C(C)O)N(C)C1=O. The number of hydrogen-bond acceptors (Lipinski definition) is 6. The fourth-order valence-electron chi connectivity index (χ4n) is 4.51. The zero-order valence-electron chi connectivity index (χ0n) is 23.2. The fraction of sp³-hybridized carbons (Fsp3) is 0.433. The van der Waals surface area contributed by atoms with E-state index in [-0.39, 0.29) is 43.3 Å². The van der Waals surface area contributed by atoms with E-state index in [0.717, 1.165) is 5.56 Å². The summed E-state index contributed by atoms with van der Waals surface area (Å²) in [5.74, 6) is 3.41. The zero-order chi connectivity index (χ0) is 29.2. The average Bonchev–Trinajstić information content (AvgIpc) is 2.91. The summed E-state index contributed by atoms with van der Waals surface area (Å²) in [6, 6.07) is 10.5. The van der Waals surface area contributed by atoms with E-state index in [2.05, 4.69) is 27.8 Å². The Kier molecular flexibility index (Phi) is 11.1. The summed E-state index contributed by atoms with van der Waals surface area (Å²) in [5, 5.41) is 19.1. The fourth-order valence-corrected chi connectivity index (χ4v) is 4.51. The van der Waals surface area contributed by atoms with Crippen molar-refractivity contribution in [1.82, 2.24) is 20.9 Å². The van der Waals surface area contributed by atoms with Gasteiger partial charge in [0.15, 0.2) is 0 Å². The van der Waals surface area contributed by atoms with Crippen LogP contribution >= 0.6 is 0 Å². The molecule has 1 aliphatic rings. The number of likely N-dealkylation sites (N-methyl/N-ethyl adjacent to an activating group) is 1. The molecule has 3 rings (SSSR count). The van der Waals surface area contributed by atoms with Gasteiger partial charge in [-0.2, -0.15) is 0 Å². The number of rotatable bonds is 4. The van der Waals surface area contributed by atoms with Gasteiger partial charge < -0.3 is 30.7 Å². The van der Waals surface area contributed by atoms with Crippen molar-refractivity contribution in [3.63, 3.8) is 0 Å². The first-order chi connectivity index (χ1) is 19.1. The first-order valence-electron chi connectivity index (χ1n) is 13.3. The quantitative estimate of drug-likeness (QED) is 0.424. The molecule has 40 heavy (non-hydrogen) atoms. The molecule has 0 aromatic heterocycles. The average molecular weight is 553 g/mol. The van der Waals surface area contributed by atoms with Crippen molar-refractivity contribution in [2.24, 2.45) is 5.92 Å². The van der Waals surface area contributed by atoms with Crippen LogP contribution in [0.2, 0.25) is 0 Å². The molecule has 0 radical (unpaired) electrons. The van der Waals surface area contributed by atoms with Crippen molar-refractivity contribution in [3.05, 3.63) is 65.5 Å². The molecule has 0 aliphatic carbocycles. The molecule has 4 atom stereocenters. The maximum atomic E-state index is 14.5. The molecule has 4 N–H and O–H groups in total. The van der Waals surface area contributed by atoms with Crippen LogP contribution in [-0.2, 0) is 20.8 Å². The molecule has 0 saturated heterocycles. The Morgan fingerprint density at radius 3 is 2.48 bits per heavy atom. The highest BCUT2D eigenvalue weighted by Crippen LogP contribution is 2.20. The number of nitrogens with zero attached hydrogens (tertiary/aromatic N) is 1. The molecule has 1 heterocycles. The lowest BCUT2D eigenvalue weighted by atomic mass is 10.00. The Labute approximate surface area is 234 Å². The van der Waals surface area contributed by atoms with E-state index < -0.39 is 47.8 Å². The molecule has 2 aromatic carbocycles. The molecule has 10 heteroatoms. The largest absolute Gasteiger partial charge is 0.491 e. The number of nitrogens with one attached hydrogen (secondary N) is 3. The second kappa shape index (κ2) is 14.4. The molecule has 0 fully saturated rings. The lowest BCUT2D eigenvalue weighted by Crippen LogP contribution is -2.60. The van der Waals surface area contributed by atoms with Gasteiger partial charge >= 0.3 is 0 Å². The summed E-state index contributed by atoms with van der Waals surface area (Å²) in [6.45, 7) is 5.40. The van der Waals surface area contributed by atoms with E-state index in [4.69, 9.17) is 4.74 Å². The first kappa shape index (κ1) is 30.6. The van der Waals surface area contributed by atoms with Gasteiger partial charge in [-0.05, 0) is 30.5 Å². The Balaban J connectivity index is 1.98. The number of ether oxygens (including phenoxy) is 1. The van der Waals surface area contributed by atoms with Crippen LogP contribution in [0.25, 0.3) is 0 Å². The summed E-state index contributed by atoms with van der Waals surface area (Å²) in [5.41, 5.74) is 0.856. The second-order valence-electron chi connectivity index (χ2n) is 10.0. The number of carbonyl (C=O) groups is 3. The maximum Gasteiger partial charge on any atom is 0.246 e. The third kappa shape index (κ3) is 8.04. The molecule has 1 unspecified atom stereocenters. The summed E-state index contributed by atoms with van der Waals surface area (Å²) in [4.78, 5) is 41.3. The Bertz CT molecular complexity index is 1240. The molecular formula is C30H37FN4O5. The topological polar surface area (TPSA) is 120 Å². The molecule has 0 spiro atoms. The van der Waals surface area contributed by atoms with Crippen molar-refractivity contribution in [1.29, 1.82) is 0 Å². The van der Waals surface area contributed by atoms with Gasteiger partial charge in [-0.3, -0.25) is 14.4 Å². The number of benzene rings is 2. The number of carbonyl (C=O) groups excluding carboxylic acids is 3. The smallest absolute Gasteiger partial charge is 0.246 e. The van der Waals surface area contributed by atoms with E-state index in [9.17, 15) is 23.9 Å². The van der Waals surface area contributed by atoms with Crippen molar-refractivity contribution in [3.8, 4) is 17.6 Å². The molecule has 214 valence electrons. The molecule has 3 amide bonds. The van der Waals surface area contributed by atoms with Crippen LogP contribution in [0.3, 0.4) is 0 Å². The van der Waals surface area contributed by atoms with Crippen LogP contribution in [0.4, 0.5) is 4.39 Å². The standard InChI is InChI=1S/C30H37FN4O5/c1-19(2)26-30(39)35(4)27(20(3)36)29(38)34-24(18-21-10-6-5-7-11-21)28(37)33-15-9-12-22-23(31)13-8-14-25(22)40-17-16-32-26/h5-8,10-11,13-14,19-20,24,26-27,32,36H,15-18H2,1-4H3,(H,33,37)(H,34,38)/t20?,24-,26+,27+/m1/s1. The number of hydrogen-bond donors (Lipinski definition) is 4. The van der Waals surface area contributed by atoms with Crippen LogP contribution in [0, 0.1) is 23.6 Å². The van der Waals surface area contributed by atoms with Crippen LogP contribution in [0.15, 0.2) is 48.5 Å². The first-order valence-corrected chi connectivity index (χ1v) is 13.3. The minimum Gasteiger partial charge on any atom is -0.491 e. The van der Waals surface area contributed by atoms with Crippen molar-refractivity contribution in [2.45, 2.75) is 51.4 Å². The van der Waals surface area contributed by atoms with E-state index in [1.165, 1.54) is 31.0 Å². The molecule has 1 aliphatic heterocycles. The van der Waals surface area contributed by atoms with Gasteiger partial charge in [-0.25, -0.2) is 4.39 Å². The Morgan fingerprint density at radius 1 is 1.07 bits per heavy atom. The zero-order valence-corrected chi connectivity index (χ0v) is 23.2. The van der Waals surface area contributed by atoms with Gasteiger partial charge in [0.2, 0.25) is 17.7 Å². The number of fused-ring (bicyclic) bond motifs is 1. The molecule has 0 bridgehead atoms. The summed E-state index contributed by atoms with van der Waals surface area (Å²) < 4.78 is 20.3.